The number of halogens is 3. The molecule has 0 atom stereocenters. The molecular formula is C9H12F3N3O2S. The minimum absolute atomic E-state index is 0.254. The Morgan fingerprint density at radius 2 is 1.94 bits per heavy atom. The number of sulfonamides is 1. The predicted molar refractivity (Wildman–Crippen MR) is 60.3 cm³/mol. The van der Waals surface area contributed by atoms with Gasteiger partial charge in [-0.15, -0.1) is 0 Å². The molecule has 0 saturated carbocycles. The predicted octanol–water partition coefficient (Wildman–Crippen LogP) is 0.479. The Morgan fingerprint density at radius 1 is 1.33 bits per heavy atom. The fraction of sp³-hybridized carbons (Fsp3) is 0.333. The summed E-state index contributed by atoms with van der Waals surface area (Å²) in [5, 5.41) is 6.93. The molecule has 1 rings (SSSR count). The molecule has 0 fully saturated rings. The summed E-state index contributed by atoms with van der Waals surface area (Å²) in [4.78, 5) is -0.434. The van der Waals surface area contributed by atoms with Crippen LogP contribution in [0.5, 0.6) is 0 Å². The van der Waals surface area contributed by atoms with E-state index in [4.69, 9.17) is 10.9 Å². The zero-order chi connectivity index (χ0) is 14.0. The Balaban J connectivity index is 2.88. The summed E-state index contributed by atoms with van der Waals surface area (Å²) in [6.07, 6.45) is 0. The number of nitrogens with two attached hydrogens (primary N) is 2. The van der Waals surface area contributed by atoms with Crippen LogP contribution in [0.25, 0.3) is 0 Å². The quantitative estimate of drug-likeness (QED) is 0.732. The second kappa shape index (κ2) is 5.12. The van der Waals surface area contributed by atoms with E-state index in [0.717, 1.165) is 12.1 Å². The van der Waals surface area contributed by atoms with Crippen molar-refractivity contribution in [3.8, 4) is 0 Å². The smallest absolute Gasteiger partial charge is 0.276 e. The Kier molecular flexibility index (Phi) is 4.20. The number of hydrogen-bond acceptors (Lipinski definition) is 4. The molecule has 1 aromatic rings. The Labute approximate surface area is 102 Å². The highest BCUT2D eigenvalue weighted by atomic mass is 32.2. The topological polar surface area (TPSA) is 98.2 Å². The lowest BCUT2D eigenvalue weighted by Gasteiger charge is -2.16. The normalized spacial score (nSPS) is 12.5. The fourth-order valence-electron chi connectivity index (χ4n) is 1.11. The molecule has 5 nitrogen and oxygen atoms in total. The van der Waals surface area contributed by atoms with E-state index in [1.807, 2.05) is 0 Å². The van der Waals surface area contributed by atoms with Gasteiger partial charge in [0, 0.05) is 0 Å². The minimum Gasteiger partial charge on any atom is -0.377 e. The summed E-state index contributed by atoms with van der Waals surface area (Å²) in [5.74, 6) is -4.17. The second-order valence-electron chi connectivity index (χ2n) is 3.60. The van der Waals surface area contributed by atoms with Crippen molar-refractivity contribution >= 4 is 15.7 Å². The summed E-state index contributed by atoms with van der Waals surface area (Å²) in [5.41, 5.74) is 4.56. The van der Waals surface area contributed by atoms with Crippen molar-refractivity contribution in [3.05, 3.63) is 24.0 Å². The summed E-state index contributed by atoms with van der Waals surface area (Å²) in [6, 6.07) is 2.68. The number of hydrogen-bond donors (Lipinski definition) is 3. The average molecular weight is 283 g/mol. The molecule has 0 saturated heterocycles. The molecule has 9 heteroatoms. The zero-order valence-electron chi connectivity index (χ0n) is 9.16. The van der Waals surface area contributed by atoms with Crippen molar-refractivity contribution in [2.24, 2.45) is 10.9 Å². The van der Waals surface area contributed by atoms with E-state index in [2.05, 4.69) is 5.32 Å². The first kappa shape index (κ1) is 14.7. The lowest BCUT2D eigenvalue weighted by Crippen LogP contribution is -2.35. The van der Waals surface area contributed by atoms with E-state index in [-0.39, 0.29) is 5.69 Å². The van der Waals surface area contributed by atoms with Gasteiger partial charge >= 0.3 is 0 Å². The number of benzene rings is 1. The number of primary sulfonamides is 1. The lowest BCUT2D eigenvalue weighted by atomic mass is 10.2. The monoisotopic (exact) mass is 283 g/mol. The maximum Gasteiger partial charge on any atom is 0.276 e. The van der Waals surface area contributed by atoms with Crippen molar-refractivity contribution in [2.75, 3.05) is 18.4 Å². The Hall–Kier alpha value is -1.32. The van der Waals surface area contributed by atoms with Gasteiger partial charge in [0.2, 0.25) is 10.0 Å². The first-order chi connectivity index (χ1) is 8.15. The highest BCUT2D eigenvalue weighted by molar-refractivity contribution is 7.89. The van der Waals surface area contributed by atoms with Crippen LogP contribution in [0.3, 0.4) is 0 Å². The summed E-state index contributed by atoms with van der Waals surface area (Å²) in [6.45, 7) is -1.73. The third kappa shape index (κ3) is 3.86. The van der Waals surface area contributed by atoms with Gasteiger partial charge in [-0.1, -0.05) is 0 Å². The maximum absolute atomic E-state index is 13.4. The van der Waals surface area contributed by atoms with E-state index < -0.39 is 39.7 Å². The molecule has 0 radical (unpaired) electrons. The third-order valence-electron chi connectivity index (χ3n) is 2.11. The highest BCUT2D eigenvalue weighted by Crippen LogP contribution is 2.20. The number of alkyl halides is 2. The summed E-state index contributed by atoms with van der Waals surface area (Å²) >= 11 is 0. The van der Waals surface area contributed by atoms with E-state index in [1.165, 1.54) is 0 Å². The molecule has 0 aliphatic carbocycles. The first-order valence-electron chi connectivity index (χ1n) is 4.80. The van der Waals surface area contributed by atoms with E-state index in [9.17, 15) is 21.6 Å². The van der Waals surface area contributed by atoms with Gasteiger partial charge in [0.05, 0.1) is 23.7 Å². The van der Waals surface area contributed by atoms with Gasteiger partial charge < -0.3 is 11.1 Å². The van der Waals surface area contributed by atoms with Crippen molar-refractivity contribution in [1.82, 2.24) is 0 Å². The third-order valence-corrected chi connectivity index (χ3v) is 3.02. The van der Waals surface area contributed by atoms with Gasteiger partial charge in [0.1, 0.15) is 5.82 Å². The van der Waals surface area contributed by atoms with Gasteiger partial charge in [-0.25, -0.2) is 26.7 Å². The van der Waals surface area contributed by atoms with Crippen LogP contribution >= 0.6 is 0 Å². The molecule has 0 aliphatic heterocycles. The molecule has 0 heterocycles. The zero-order valence-corrected chi connectivity index (χ0v) is 9.98. The first-order valence-corrected chi connectivity index (χ1v) is 6.34. The molecule has 102 valence electrons. The van der Waals surface area contributed by atoms with Gasteiger partial charge in [-0.05, 0) is 18.2 Å². The lowest BCUT2D eigenvalue weighted by molar-refractivity contribution is 0.0253. The van der Waals surface area contributed by atoms with Crippen molar-refractivity contribution in [2.45, 2.75) is 10.8 Å². The molecule has 0 spiro atoms. The van der Waals surface area contributed by atoms with Gasteiger partial charge in [-0.2, -0.15) is 0 Å². The van der Waals surface area contributed by atoms with E-state index >= 15 is 0 Å². The van der Waals surface area contributed by atoms with Crippen molar-refractivity contribution < 1.29 is 21.6 Å². The average Bonchev–Trinajstić information content (AvgIpc) is 2.26. The molecule has 0 amide bonds. The van der Waals surface area contributed by atoms with Gasteiger partial charge in [0.25, 0.3) is 5.92 Å². The van der Waals surface area contributed by atoms with Crippen molar-refractivity contribution in [1.29, 1.82) is 0 Å². The van der Waals surface area contributed by atoms with Crippen LogP contribution < -0.4 is 16.2 Å². The molecule has 18 heavy (non-hydrogen) atoms. The molecule has 0 aliphatic rings. The SMILES string of the molecule is NCC(F)(F)CNc1ccc(S(N)(=O)=O)cc1F. The number of nitrogens with one attached hydrogen (secondary N) is 1. The second-order valence-corrected chi connectivity index (χ2v) is 5.16. The number of rotatable bonds is 5. The maximum atomic E-state index is 13.4. The largest absolute Gasteiger partial charge is 0.377 e. The van der Waals surface area contributed by atoms with Crippen LogP contribution in [0.1, 0.15) is 0 Å². The van der Waals surface area contributed by atoms with E-state index in [1.54, 1.807) is 0 Å². The summed E-state index contributed by atoms with van der Waals surface area (Å²) in [7, 11) is -4.03. The minimum atomic E-state index is -4.03. The Bertz CT molecular complexity index is 534. The molecule has 0 unspecified atom stereocenters. The van der Waals surface area contributed by atoms with Crippen LogP contribution in [-0.4, -0.2) is 27.4 Å². The molecule has 5 N–H and O–H groups in total. The van der Waals surface area contributed by atoms with Crippen LogP contribution in [-0.2, 0) is 10.0 Å². The van der Waals surface area contributed by atoms with Crippen LogP contribution in [0.15, 0.2) is 23.1 Å². The fourth-order valence-corrected chi connectivity index (χ4v) is 1.64. The van der Waals surface area contributed by atoms with Crippen molar-refractivity contribution in [3.63, 3.8) is 0 Å². The van der Waals surface area contributed by atoms with Crippen LogP contribution in [0, 0.1) is 5.82 Å². The van der Waals surface area contributed by atoms with E-state index in [0.29, 0.717) is 6.07 Å². The molecule has 1 aromatic carbocycles. The number of anilines is 1. The Morgan fingerprint density at radius 3 is 2.39 bits per heavy atom. The molecule has 0 aromatic heterocycles. The summed E-state index contributed by atoms with van der Waals surface area (Å²) < 4.78 is 60.9. The van der Waals surface area contributed by atoms with Gasteiger partial charge in [0.15, 0.2) is 0 Å². The highest BCUT2D eigenvalue weighted by Gasteiger charge is 2.26. The van der Waals surface area contributed by atoms with Crippen LogP contribution in [0.4, 0.5) is 18.9 Å². The standard InChI is InChI=1S/C9H12F3N3O2S/c10-7-3-6(18(14,16)17)1-2-8(7)15-5-9(11,12)4-13/h1-3,15H,4-5,13H2,(H2,14,16,17). The molecular weight excluding hydrogens is 271 g/mol. The molecule has 0 bridgehead atoms. The van der Waals surface area contributed by atoms with Gasteiger partial charge in [-0.3, -0.25) is 0 Å². The van der Waals surface area contributed by atoms with Crippen LogP contribution in [0.2, 0.25) is 0 Å².